The number of aryl methyl sites for hydroxylation is 1. The molecular weight excluding hydrogens is 257 g/mol. The first-order chi connectivity index (χ1) is 8.36. The predicted molar refractivity (Wildman–Crippen MR) is 66.9 cm³/mol. The van der Waals surface area contributed by atoms with Gasteiger partial charge in [-0.15, -0.1) is 0 Å². The molecule has 0 saturated heterocycles. The maximum atomic E-state index is 13.7. The highest BCUT2D eigenvalue weighted by molar-refractivity contribution is 7.90. The number of rotatable bonds is 2. The summed E-state index contributed by atoms with van der Waals surface area (Å²) in [7, 11) is -3.63. The van der Waals surface area contributed by atoms with Crippen LogP contribution in [0.1, 0.15) is 6.92 Å². The topological polar surface area (TPSA) is 56.1 Å². The molecule has 0 aliphatic rings. The van der Waals surface area contributed by atoms with E-state index in [9.17, 15) is 17.6 Å². The van der Waals surface area contributed by atoms with E-state index in [1.165, 1.54) is 29.0 Å². The van der Waals surface area contributed by atoms with Gasteiger partial charge in [-0.25, -0.2) is 12.8 Å². The van der Waals surface area contributed by atoms with Crippen molar-refractivity contribution in [1.82, 2.24) is 4.57 Å². The fraction of sp³-hybridized carbons (Fsp3) is 0.250. The van der Waals surface area contributed by atoms with Gasteiger partial charge in [0, 0.05) is 19.0 Å². The van der Waals surface area contributed by atoms with Crippen molar-refractivity contribution in [2.24, 2.45) is 0 Å². The SMILES string of the molecule is CCn1cc(S(C)(=O)=O)c(=O)c2cccc(F)c21. The molecule has 0 fully saturated rings. The number of para-hydroxylation sites is 1. The molecule has 1 heterocycles. The molecular formula is C12H12FNO3S. The highest BCUT2D eigenvalue weighted by Gasteiger charge is 2.18. The van der Waals surface area contributed by atoms with Gasteiger partial charge in [0.1, 0.15) is 10.7 Å². The highest BCUT2D eigenvalue weighted by atomic mass is 32.2. The number of halogens is 1. The van der Waals surface area contributed by atoms with Crippen molar-refractivity contribution >= 4 is 20.7 Å². The van der Waals surface area contributed by atoms with Gasteiger partial charge in [0.15, 0.2) is 9.84 Å². The lowest BCUT2D eigenvalue weighted by Crippen LogP contribution is -2.18. The highest BCUT2D eigenvalue weighted by Crippen LogP contribution is 2.17. The molecule has 2 aromatic rings. The Balaban J connectivity index is 3.07. The summed E-state index contributed by atoms with van der Waals surface area (Å²) in [6, 6.07) is 4.07. The molecule has 0 spiro atoms. The summed E-state index contributed by atoms with van der Waals surface area (Å²) in [5.74, 6) is -0.536. The maximum Gasteiger partial charge on any atom is 0.208 e. The molecule has 0 saturated carbocycles. The summed E-state index contributed by atoms with van der Waals surface area (Å²) in [6.45, 7) is 2.13. The number of hydrogen-bond donors (Lipinski definition) is 0. The zero-order chi connectivity index (χ0) is 13.5. The fourth-order valence-corrected chi connectivity index (χ4v) is 2.67. The Hall–Kier alpha value is -1.69. The third-order valence-electron chi connectivity index (χ3n) is 2.76. The van der Waals surface area contributed by atoms with E-state index in [4.69, 9.17) is 0 Å². The van der Waals surface area contributed by atoms with E-state index in [-0.39, 0.29) is 15.8 Å². The van der Waals surface area contributed by atoms with Crippen molar-refractivity contribution in [3.8, 4) is 0 Å². The average Bonchev–Trinajstić information content (AvgIpc) is 2.29. The molecule has 2 rings (SSSR count). The molecule has 96 valence electrons. The van der Waals surface area contributed by atoms with E-state index in [1.807, 2.05) is 0 Å². The zero-order valence-electron chi connectivity index (χ0n) is 9.97. The van der Waals surface area contributed by atoms with Crippen LogP contribution >= 0.6 is 0 Å². The summed E-state index contributed by atoms with van der Waals surface area (Å²) < 4.78 is 38.3. The van der Waals surface area contributed by atoms with Crippen LogP contribution in [0, 0.1) is 5.82 Å². The summed E-state index contributed by atoms with van der Waals surface area (Å²) in [4.78, 5) is 11.7. The van der Waals surface area contributed by atoms with Crippen LogP contribution in [0.4, 0.5) is 4.39 Å². The van der Waals surface area contributed by atoms with Crippen molar-refractivity contribution in [2.45, 2.75) is 18.4 Å². The Morgan fingerprint density at radius 1 is 1.33 bits per heavy atom. The number of hydrogen-bond acceptors (Lipinski definition) is 3. The lowest BCUT2D eigenvalue weighted by molar-refractivity contribution is 0.597. The first kappa shape index (κ1) is 12.8. The van der Waals surface area contributed by atoms with Crippen molar-refractivity contribution in [2.75, 3.05) is 6.26 Å². The molecule has 0 radical (unpaired) electrons. The van der Waals surface area contributed by atoms with Crippen LogP contribution in [-0.2, 0) is 16.4 Å². The van der Waals surface area contributed by atoms with Gasteiger partial charge in [-0.3, -0.25) is 4.79 Å². The smallest absolute Gasteiger partial charge is 0.208 e. The van der Waals surface area contributed by atoms with Crippen LogP contribution in [0.2, 0.25) is 0 Å². The predicted octanol–water partition coefficient (Wildman–Crippen LogP) is 1.56. The lowest BCUT2D eigenvalue weighted by Gasteiger charge is -2.11. The van der Waals surface area contributed by atoms with Crippen LogP contribution in [0.25, 0.3) is 10.9 Å². The van der Waals surface area contributed by atoms with Crippen molar-refractivity contribution in [1.29, 1.82) is 0 Å². The number of fused-ring (bicyclic) bond motifs is 1. The second-order valence-corrected chi connectivity index (χ2v) is 6.00. The van der Waals surface area contributed by atoms with Crippen molar-refractivity contribution in [3.05, 3.63) is 40.4 Å². The van der Waals surface area contributed by atoms with Gasteiger partial charge >= 0.3 is 0 Å². The molecule has 1 aromatic heterocycles. The molecule has 0 amide bonds. The van der Waals surface area contributed by atoms with Crippen LogP contribution in [0.5, 0.6) is 0 Å². The summed E-state index contributed by atoms with van der Waals surface area (Å²) in [6.07, 6.45) is 2.16. The summed E-state index contributed by atoms with van der Waals surface area (Å²) in [5.41, 5.74) is -0.519. The lowest BCUT2D eigenvalue weighted by atomic mass is 10.2. The van der Waals surface area contributed by atoms with E-state index in [0.717, 1.165) is 6.26 Å². The largest absolute Gasteiger partial charge is 0.344 e. The molecule has 0 aliphatic carbocycles. The zero-order valence-corrected chi connectivity index (χ0v) is 10.8. The standard InChI is InChI=1S/C12H12FNO3S/c1-3-14-7-10(18(2,16)17)12(15)8-5-4-6-9(13)11(8)14/h4-7H,3H2,1-2H3. The Labute approximate surface area is 104 Å². The van der Waals surface area contributed by atoms with E-state index in [2.05, 4.69) is 0 Å². The summed E-state index contributed by atoms with van der Waals surface area (Å²) in [5, 5.41) is 0.0831. The van der Waals surface area contributed by atoms with Gasteiger partial charge in [0.25, 0.3) is 0 Å². The Morgan fingerprint density at radius 3 is 2.56 bits per heavy atom. The Kier molecular flexibility index (Phi) is 2.98. The second kappa shape index (κ2) is 4.20. The number of benzene rings is 1. The van der Waals surface area contributed by atoms with Gasteiger partial charge < -0.3 is 4.57 Å². The van der Waals surface area contributed by atoms with Crippen molar-refractivity contribution in [3.63, 3.8) is 0 Å². The minimum absolute atomic E-state index is 0.0831. The van der Waals surface area contributed by atoms with Gasteiger partial charge in [0.05, 0.1) is 10.9 Å². The monoisotopic (exact) mass is 269 g/mol. The van der Waals surface area contributed by atoms with E-state index >= 15 is 0 Å². The molecule has 18 heavy (non-hydrogen) atoms. The average molecular weight is 269 g/mol. The Morgan fingerprint density at radius 2 is 2.00 bits per heavy atom. The molecule has 0 atom stereocenters. The molecule has 4 nitrogen and oxygen atoms in total. The van der Waals surface area contributed by atoms with Crippen LogP contribution < -0.4 is 5.43 Å². The molecule has 0 N–H and O–H groups in total. The number of nitrogens with zero attached hydrogens (tertiary/aromatic N) is 1. The first-order valence-electron chi connectivity index (χ1n) is 5.38. The second-order valence-electron chi connectivity index (χ2n) is 4.02. The van der Waals surface area contributed by atoms with E-state index < -0.39 is 21.1 Å². The maximum absolute atomic E-state index is 13.7. The fourth-order valence-electron chi connectivity index (χ4n) is 1.90. The summed E-state index contributed by atoms with van der Waals surface area (Å²) >= 11 is 0. The molecule has 1 aromatic carbocycles. The number of sulfone groups is 1. The molecule has 0 aliphatic heterocycles. The van der Waals surface area contributed by atoms with Crippen LogP contribution in [0.3, 0.4) is 0 Å². The van der Waals surface area contributed by atoms with E-state index in [0.29, 0.717) is 6.54 Å². The number of aromatic nitrogens is 1. The third-order valence-corrected chi connectivity index (χ3v) is 3.85. The van der Waals surface area contributed by atoms with Gasteiger partial charge in [-0.1, -0.05) is 6.07 Å². The van der Waals surface area contributed by atoms with Crippen LogP contribution in [-0.4, -0.2) is 19.2 Å². The van der Waals surface area contributed by atoms with Gasteiger partial charge in [-0.05, 0) is 19.1 Å². The van der Waals surface area contributed by atoms with Gasteiger partial charge in [0.2, 0.25) is 5.43 Å². The van der Waals surface area contributed by atoms with Crippen molar-refractivity contribution < 1.29 is 12.8 Å². The van der Waals surface area contributed by atoms with E-state index in [1.54, 1.807) is 6.92 Å². The van der Waals surface area contributed by atoms with Gasteiger partial charge in [-0.2, -0.15) is 0 Å². The normalized spacial score (nSPS) is 11.9. The Bertz CT molecular complexity index is 778. The molecule has 0 bridgehead atoms. The molecule has 0 unspecified atom stereocenters. The third kappa shape index (κ3) is 1.92. The number of pyridine rings is 1. The first-order valence-corrected chi connectivity index (χ1v) is 7.27. The van der Waals surface area contributed by atoms with Crippen LogP contribution in [0.15, 0.2) is 34.1 Å². The minimum Gasteiger partial charge on any atom is -0.344 e. The quantitative estimate of drug-likeness (QED) is 0.831. The minimum atomic E-state index is -3.63. The molecule has 6 heteroatoms.